The van der Waals surface area contributed by atoms with Crippen LogP contribution in [0.1, 0.15) is 17.5 Å². The van der Waals surface area contributed by atoms with Crippen LogP contribution in [-0.2, 0) is 20.9 Å². The first-order valence-corrected chi connectivity index (χ1v) is 8.38. The average molecular weight is 320 g/mol. The van der Waals surface area contributed by atoms with Gasteiger partial charge in [-0.05, 0) is 16.7 Å². The molecule has 122 valence electrons. The fourth-order valence-electron chi connectivity index (χ4n) is 3.62. The van der Waals surface area contributed by atoms with Crippen LogP contribution >= 0.6 is 0 Å². The minimum Gasteiger partial charge on any atom is -0.374 e. The Morgan fingerprint density at radius 1 is 1.00 bits per heavy atom. The Balaban J connectivity index is 1.44. The normalized spacial score (nSPS) is 22.9. The van der Waals surface area contributed by atoms with Crippen LogP contribution in [0, 0.1) is 5.92 Å². The predicted molar refractivity (Wildman–Crippen MR) is 92.3 cm³/mol. The zero-order valence-corrected chi connectivity index (χ0v) is 13.5. The summed E-state index contributed by atoms with van der Waals surface area (Å²) in [6.45, 7) is 1.64. The van der Waals surface area contributed by atoms with Crippen molar-refractivity contribution < 1.29 is 14.3 Å². The summed E-state index contributed by atoms with van der Waals surface area (Å²) in [7, 11) is 0. The van der Waals surface area contributed by atoms with Gasteiger partial charge in [-0.1, -0.05) is 60.7 Å². The highest BCUT2D eigenvalue weighted by atomic mass is 16.5. The number of ketones is 1. The Labute approximate surface area is 141 Å². The number of Topliss-reactive ketones (excluding diaryl/α,β-unsaturated/α-hetero) is 1. The van der Waals surface area contributed by atoms with Crippen molar-refractivity contribution in [1.29, 1.82) is 0 Å². The van der Waals surface area contributed by atoms with Crippen molar-refractivity contribution in [3.8, 4) is 0 Å². The van der Waals surface area contributed by atoms with E-state index in [1.807, 2.05) is 60.7 Å². The zero-order chi connectivity index (χ0) is 16.4. The quantitative estimate of drug-likeness (QED) is 0.843. The molecule has 0 N–H and O–H groups in total. The topological polar surface area (TPSA) is 35.5 Å². The Morgan fingerprint density at radius 3 is 2.46 bits per heavy atom. The molecule has 1 heterocycles. The number of hydrogen-bond acceptors (Lipinski definition) is 3. The molecule has 2 atom stereocenters. The van der Waals surface area contributed by atoms with Crippen LogP contribution in [-0.4, -0.2) is 25.1 Å². The molecular weight excluding hydrogens is 300 g/mol. The van der Waals surface area contributed by atoms with Crippen molar-refractivity contribution >= 4 is 11.4 Å². The second-order valence-electron chi connectivity index (χ2n) is 6.35. The van der Waals surface area contributed by atoms with E-state index in [0.29, 0.717) is 26.2 Å². The van der Waals surface area contributed by atoms with Crippen LogP contribution in [0.5, 0.6) is 0 Å². The SMILES string of the molecule is O=C1C[C@H]2C(=C1c1ccccc1)CO[C@H]2COCc1ccccc1. The molecule has 0 unspecified atom stereocenters. The lowest BCUT2D eigenvalue weighted by molar-refractivity contribution is -0.114. The van der Waals surface area contributed by atoms with Crippen molar-refractivity contribution in [3.63, 3.8) is 0 Å². The smallest absolute Gasteiger partial charge is 0.164 e. The molecule has 1 saturated heterocycles. The summed E-state index contributed by atoms with van der Waals surface area (Å²) < 4.78 is 11.8. The number of carbonyl (C=O) groups excluding carboxylic acids is 1. The third-order valence-electron chi connectivity index (χ3n) is 4.81. The molecule has 4 rings (SSSR count). The molecule has 2 aliphatic rings. The molecule has 0 aromatic heterocycles. The third-order valence-corrected chi connectivity index (χ3v) is 4.81. The van der Waals surface area contributed by atoms with E-state index in [0.717, 1.165) is 22.3 Å². The summed E-state index contributed by atoms with van der Waals surface area (Å²) in [6.07, 6.45) is 0.521. The highest BCUT2D eigenvalue weighted by Crippen LogP contribution is 2.42. The first-order chi connectivity index (χ1) is 11.8. The lowest BCUT2D eigenvalue weighted by Crippen LogP contribution is -2.22. The monoisotopic (exact) mass is 320 g/mol. The lowest BCUT2D eigenvalue weighted by Gasteiger charge is -2.15. The minimum absolute atomic E-state index is 0.0196. The Bertz CT molecular complexity index is 749. The van der Waals surface area contributed by atoms with E-state index >= 15 is 0 Å². The highest BCUT2D eigenvalue weighted by molar-refractivity contribution is 6.24. The van der Waals surface area contributed by atoms with E-state index in [4.69, 9.17) is 9.47 Å². The van der Waals surface area contributed by atoms with Crippen molar-refractivity contribution in [2.75, 3.05) is 13.2 Å². The Kier molecular flexibility index (Phi) is 4.28. The van der Waals surface area contributed by atoms with E-state index in [1.54, 1.807) is 0 Å². The average Bonchev–Trinajstić information content (AvgIpc) is 3.15. The number of benzene rings is 2. The van der Waals surface area contributed by atoms with Gasteiger partial charge in [-0.25, -0.2) is 0 Å². The van der Waals surface area contributed by atoms with Crippen LogP contribution < -0.4 is 0 Å². The van der Waals surface area contributed by atoms with E-state index in [-0.39, 0.29) is 17.8 Å². The fraction of sp³-hybridized carbons (Fsp3) is 0.286. The van der Waals surface area contributed by atoms with Gasteiger partial charge >= 0.3 is 0 Å². The molecule has 24 heavy (non-hydrogen) atoms. The molecule has 3 nitrogen and oxygen atoms in total. The van der Waals surface area contributed by atoms with Crippen molar-refractivity contribution in [1.82, 2.24) is 0 Å². The maximum absolute atomic E-state index is 12.5. The molecule has 1 aliphatic carbocycles. The first kappa shape index (κ1) is 15.3. The molecule has 1 aliphatic heterocycles. The van der Waals surface area contributed by atoms with Gasteiger partial charge in [0.1, 0.15) is 0 Å². The zero-order valence-electron chi connectivity index (χ0n) is 13.5. The van der Waals surface area contributed by atoms with E-state index in [9.17, 15) is 4.79 Å². The molecule has 1 fully saturated rings. The Morgan fingerprint density at radius 2 is 1.71 bits per heavy atom. The number of hydrogen-bond donors (Lipinski definition) is 0. The van der Waals surface area contributed by atoms with Gasteiger partial charge < -0.3 is 9.47 Å². The van der Waals surface area contributed by atoms with Crippen molar-refractivity contribution in [2.24, 2.45) is 5.92 Å². The summed E-state index contributed by atoms with van der Waals surface area (Å²) in [5.74, 6) is 0.404. The molecule has 3 heteroatoms. The van der Waals surface area contributed by atoms with Gasteiger partial charge in [-0.2, -0.15) is 0 Å². The van der Waals surface area contributed by atoms with Crippen molar-refractivity contribution in [2.45, 2.75) is 19.1 Å². The molecular formula is C21H20O3. The second-order valence-corrected chi connectivity index (χ2v) is 6.35. The summed E-state index contributed by atoms with van der Waals surface area (Å²) >= 11 is 0. The number of rotatable bonds is 5. The molecule has 0 bridgehead atoms. The number of allylic oxidation sites excluding steroid dienone is 1. The lowest BCUT2D eigenvalue weighted by atomic mass is 9.97. The molecule has 0 spiro atoms. The van der Waals surface area contributed by atoms with Crippen LogP contribution in [0.4, 0.5) is 0 Å². The standard InChI is InChI=1S/C21H20O3/c22-19-11-17-18(21(19)16-9-5-2-6-10-16)13-24-20(17)14-23-12-15-7-3-1-4-8-15/h1-10,17,20H,11-14H2/t17-,20-/m0/s1. The highest BCUT2D eigenvalue weighted by Gasteiger charge is 2.42. The van der Waals surface area contributed by atoms with Crippen LogP contribution in [0.3, 0.4) is 0 Å². The summed E-state index contributed by atoms with van der Waals surface area (Å²) in [4.78, 5) is 12.5. The van der Waals surface area contributed by atoms with Gasteiger partial charge in [-0.3, -0.25) is 4.79 Å². The van der Waals surface area contributed by atoms with Crippen LogP contribution in [0.25, 0.3) is 5.57 Å². The number of carbonyl (C=O) groups is 1. The van der Waals surface area contributed by atoms with Gasteiger partial charge in [0.15, 0.2) is 5.78 Å². The Hall–Kier alpha value is -2.23. The van der Waals surface area contributed by atoms with Gasteiger partial charge in [-0.15, -0.1) is 0 Å². The van der Waals surface area contributed by atoms with Crippen molar-refractivity contribution in [3.05, 3.63) is 77.4 Å². The van der Waals surface area contributed by atoms with Crippen LogP contribution in [0.15, 0.2) is 66.2 Å². The van der Waals surface area contributed by atoms with Gasteiger partial charge in [0.05, 0.1) is 25.9 Å². The van der Waals surface area contributed by atoms with E-state index in [2.05, 4.69) is 0 Å². The van der Waals surface area contributed by atoms with E-state index in [1.165, 1.54) is 0 Å². The molecule has 0 saturated carbocycles. The molecule has 0 radical (unpaired) electrons. The summed E-state index contributed by atoms with van der Waals surface area (Å²) in [5.41, 5.74) is 4.18. The second kappa shape index (κ2) is 6.71. The molecule has 0 amide bonds. The van der Waals surface area contributed by atoms with Gasteiger partial charge in [0.25, 0.3) is 0 Å². The van der Waals surface area contributed by atoms with E-state index < -0.39 is 0 Å². The number of fused-ring (bicyclic) bond motifs is 1. The summed E-state index contributed by atoms with van der Waals surface area (Å²) in [6, 6.07) is 20.0. The van der Waals surface area contributed by atoms with Gasteiger partial charge in [0.2, 0.25) is 0 Å². The molecule has 2 aromatic carbocycles. The fourth-order valence-corrected chi connectivity index (χ4v) is 3.62. The maximum Gasteiger partial charge on any atom is 0.164 e. The maximum atomic E-state index is 12.5. The van der Waals surface area contributed by atoms with Crippen LogP contribution in [0.2, 0.25) is 0 Å². The predicted octanol–water partition coefficient (Wildman–Crippen LogP) is 3.64. The minimum atomic E-state index is -0.0196. The molecule has 2 aromatic rings. The van der Waals surface area contributed by atoms with Gasteiger partial charge in [0, 0.05) is 17.9 Å². The largest absolute Gasteiger partial charge is 0.374 e. The number of ether oxygens (including phenoxy) is 2. The summed E-state index contributed by atoms with van der Waals surface area (Å²) in [5, 5.41) is 0. The first-order valence-electron chi connectivity index (χ1n) is 8.38. The third kappa shape index (κ3) is 2.93.